The first-order chi connectivity index (χ1) is 12.7. The van der Waals surface area contributed by atoms with Crippen molar-refractivity contribution in [3.63, 3.8) is 0 Å². The quantitative estimate of drug-likeness (QED) is 0.196. The average Bonchev–Trinajstić information content (AvgIpc) is 2.54. The number of nitrogens with zero attached hydrogens (tertiary/aromatic N) is 1. The Morgan fingerprint density at radius 3 is 2.26 bits per heavy atom. The maximum atomic E-state index is 12.0. The third kappa shape index (κ3) is 16.3. The van der Waals surface area contributed by atoms with Crippen molar-refractivity contribution in [3.05, 3.63) is 24.3 Å². The van der Waals surface area contributed by atoms with Crippen LogP contribution in [0.2, 0.25) is 0 Å². The molecule has 0 amide bonds. The normalized spacial score (nSPS) is 14.6. The number of quaternary nitrogens is 1. The van der Waals surface area contributed by atoms with Crippen molar-refractivity contribution in [3.8, 4) is 0 Å². The highest BCUT2D eigenvalue weighted by Crippen LogP contribution is 2.09. The van der Waals surface area contributed by atoms with Gasteiger partial charge in [0.2, 0.25) is 0 Å². The maximum absolute atomic E-state index is 12.0. The van der Waals surface area contributed by atoms with Gasteiger partial charge in [0.05, 0.1) is 27.6 Å². The molecule has 2 atom stereocenters. The summed E-state index contributed by atoms with van der Waals surface area (Å²) in [5.41, 5.74) is 0. The predicted octanol–water partition coefficient (Wildman–Crippen LogP) is 3.30. The van der Waals surface area contributed by atoms with Gasteiger partial charge in [-0.25, -0.2) is 4.79 Å². The van der Waals surface area contributed by atoms with Crippen molar-refractivity contribution in [2.75, 3.05) is 27.7 Å². The Kier molecular flexibility index (Phi) is 13.5. The number of aliphatic hydroxyl groups is 1. The van der Waals surface area contributed by atoms with Crippen LogP contribution in [-0.2, 0) is 14.3 Å². The Morgan fingerprint density at radius 2 is 1.67 bits per heavy atom. The van der Waals surface area contributed by atoms with Crippen LogP contribution in [0.3, 0.4) is 0 Å². The van der Waals surface area contributed by atoms with Crippen LogP contribution in [0.15, 0.2) is 24.3 Å². The second-order valence-electron chi connectivity index (χ2n) is 7.94. The molecule has 0 aromatic carbocycles. The number of aliphatic carboxylic acids is 1. The molecule has 0 aromatic heterocycles. The summed E-state index contributed by atoms with van der Waals surface area (Å²) in [6.45, 7) is 2.56. The van der Waals surface area contributed by atoms with Crippen LogP contribution in [0.4, 0.5) is 0 Å². The van der Waals surface area contributed by atoms with Gasteiger partial charge in [0.1, 0.15) is 6.54 Å². The molecule has 0 fully saturated rings. The topological polar surface area (TPSA) is 83.8 Å². The summed E-state index contributed by atoms with van der Waals surface area (Å²) < 4.78 is 5.67. The molecule has 0 saturated carbocycles. The van der Waals surface area contributed by atoms with E-state index in [1.807, 2.05) is 33.3 Å². The molecule has 0 aromatic rings. The second kappa shape index (κ2) is 14.4. The number of esters is 1. The molecule has 0 radical (unpaired) electrons. The number of hydrogen-bond acceptors (Lipinski definition) is 4. The van der Waals surface area contributed by atoms with E-state index in [2.05, 4.69) is 13.0 Å². The van der Waals surface area contributed by atoms with Crippen molar-refractivity contribution in [1.82, 2.24) is 0 Å². The summed E-state index contributed by atoms with van der Waals surface area (Å²) in [6.07, 6.45) is 12.6. The zero-order valence-electron chi connectivity index (χ0n) is 17.4. The van der Waals surface area contributed by atoms with Gasteiger partial charge in [0.15, 0.2) is 12.2 Å². The average molecular weight is 385 g/mol. The van der Waals surface area contributed by atoms with E-state index in [4.69, 9.17) is 9.84 Å². The van der Waals surface area contributed by atoms with Crippen LogP contribution in [0.1, 0.15) is 58.3 Å². The largest absolute Gasteiger partial charge is 0.481 e. The lowest BCUT2D eigenvalue weighted by molar-refractivity contribution is -0.873. The number of hydrogen-bond donors (Lipinski definition) is 2. The van der Waals surface area contributed by atoms with E-state index in [-0.39, 0.29) is 12.8 Å². The Labute approximate surface area is 164 Å². The fraction of sp³-hybridized carbons (Fsp3) is 0.714. The summed E-state index contributed by atoms with van der Waals surface area (Å²) in [5, 5.41) is 18.9. The van der Waals surface area contributed by atoms with Gasteiger partial charge in [-0.3, -0.25) is 4.79 Å². The van der Waals surface area contributed by atoms with Crippen LogP contribution in [-0.4, -0.2) is 66.5 Å². The first-order valence-corrected chi connectivity index (χ1v) is 9.88. The highest BCUT2D eigenvalue weighted by molar-refractivity contribution is 5.75. The zero-order chi connectivity index (χ0) is 20.7. The van der Waals surface area contributed by atoms with Gasteiger partial charge in [0, 0.05) is 6.42 Å². The summed E-state index contributed by atoms with van der Waals surface area (Å²) in [5.74, 6) is -1.81. The van der Waals surface area contributed by atoms with E-state index in [0.717, 1.165) is 6.42 Å². The van der Waals surface area contributed by atoms with Crippen LogP contribution >= 0.6 is 0 Å². The number of likely N-dealkylation sites (N-methyl/N-ethyl adjacent to an activating group) is 1. The Balaban J connectivity index is 4.21. The van der Waals surface area contributed by atoms with Crippen LogP contribution in [0.25, 0.3) is 0 Å². The summed E-state index contributed by atoms with van der Waals surface area (Å²) in [7, 11) is 5.66. The minimum Gasteiger partial charge on any atom is -0.481 e. The van der Waals surface area contributed by atoms with Crippen molar-refractivity contribution >= 4 is 11.9 Å². The first kappa shape index (κ1) is 25.3. The fourth-order valence-corrected chi connectivity index (χ4v) is 2.61. The lowest BCUT2D eigenvalue weighted by Gasteiger charge is -2.28. The fourth-order valence-electron chi connectivity index (χ4n) is 2.61. The Hall–Kier alpha value is -1.66. The van der Waals surface area contributed by atoms with Gasteiger partial charge >= 0.3 is 11.9 Å². The number of aliphatic hydroxyl groups excluding tert-OH is 1. The van der Waals surface area contributed by atoms with Gasteiger partial charge in [-0.2, -0.15) is 0 Å². The van der Waals surface area contributed by atoms with E-state index in [1.165, 1.54) is 32.1 Å². The highest BCUT2D eigenvalue weighted by Gasteiger charge is 2.27. The Bertz CT molecular complexity index is 479. The molecule has 0 aliphatic heterocycles. The van der Waals surface area contributed by atoms with Gasteiger partial charge in [-0.1, -0.05) is 56.9 Å². The van der Waals surface area contributed by atoms with E-state index in [9.17, 15) is 14.7 Å². The number of rotatable bonds is 15. The maximum Gasteiger partial charge on any atom is 0.335 e. The summed E-state index contributed by atoms with van der Waals surface area (Å²) in [6, 6.07) is 0. The molecule has 6 nitrogen and oxygen atoms in total. The molecule has 0 rings (SSSR count). The summed E-state index contributed by atoms with van der Waals surface area (Å²) in [4.78, 5) is 22.9. The monoisotopic (exact) mass is 384 g/mol. The molecular formula is C21H38NO5+. The molecule has 0 heterocycles. The van der Waals surface area contributed by atoms with Crippen molar-refractivity contribution < 1.29 is 29.0 Å². The molecule has 0 aliphatic carbocycles. The smallest absolute Gasteiger partial charge is 0.335 e. The molecule has 2 unspecified atom stereocenters. The summed E-state index contributed by atoms with van der Waals surface area (Å²) >= 11 is 0. The van der Waals surface area contributed by atoms with Crippen molar-refractivity contribution in [2.45, 2.75) is 70.5 Å². The second-order valence-corrected chi connectivity index (χ2v) is 7.94. The molecule has 0 spiro atoms. The van der Waals surface area contributed by atoms with Gasteiger partial charge < -0.3 is 19.4 Å². The number of unbranched alkanes of at least 4 members (excludes halogenated alkanes) is 5. The zero-order valence-corrected chi connectivity index (χ0v) is 17.4. The number of allylic oxidation sites excluding steroid dienone is 3. The Morgan fingerprint density at radius 1 is 1.04 bits per heavy atom. The number of carbonyl (C=O) groups is 2. The molecule has 6 heteroatoms. The SMILES string of the molecule is CCCCCCC/C=C/C=C/CC(O)C(=O)OC(CC(=O)O)C[N+](C)(C)C. The lowest BCUT2D eigenvalue weighted by atomic mass is 10.1. The number of carbonyl (C=O) groups excluding carboxylic acids is 1. The third-order valence-electron chi connectivity index (χ3n) is 3.93. The van der Waals surface area contributed by atoms with Gasteiger partial charge in [0.25, 0.3) is 0 Å². The molecule has 2 N–H and O–H groups in total. The molecular weight excluding hydrogens is 346 g/mol. The minimum atomic E-state index is -1.28. The van der Waals surface area contributed by atoms with Crippen LogP contribution < -0.4 is 0 Å². The van der Waals surface area contributed by atoms with Crippen molar-refractivity contribution in [1.29, 1.82) is 0 Å². The molecule has 0 bridgehead atoms. The van der Waals surface area contributed by atoms with E-state index in [0.29, 0.717) is 11.0 Å². The number of carboxylic acids is 1. The van der Waals surface area contributed by atoms with E-state index < -0.39 is 24.1 Å². The number of carboxylic acid groups (broad SMARTS) is 1. The third-order valence-corrected chi connectivity index (χ3v) is 3.93. The van der Waals surface area contributed by atoms with Crippen molar-refractivity contribution in [2.24, 2.45) is 0 Å². The molecule has 0 saturated heterocycles. The van der Waals surface area contributed by atoms with Crippen LogP contribution in [0, 0.1) is 0 Å². The highest BCUT2D eigenvalue weighted by atomic mass is 16.6. The molecule has 0 aliphatic rings. The first-order valence-electron chi connectivity index (χ1n) is 9.88. The van der Waals surface area contributed by atoms with E-state index >= 15 is 0 Å². The van der Waals surface area contributed by atoms with Crippen LogP contribution in [0.5, 0.6) is 0 Å². The molecule has 27 heavy (non-hydrogen) atoms. The molecule has 156 valence electrons. The van der Waals surface area contributed by atoms with Gasteiger partial charge in [-0.15, -0.1) is 0 Å². The minimum absolute atomic E-state index is 0.143. The standard InChI is InChI=1S/C21H37NO5/c1-5-6-7-8-9-10-11-12-13-14-15-19(23)21(26)27-18(16-20(24)25)17-22(2,3)4/h11-14,18-19,23H,5-10,15-17H2,1-4H3/p+1/b12-11+,14-13+. The number of ether oxygens (including phenoxy) is 1. The van der Waals surface area contributed by atoms with E-state index in [1.54, 1.807) is 6.08 Å². The predicted molar refractivity (Wildman–Crippen MR) is 107 cm³/mol. The lowest BCUT2D eigenvalue weighted by Crippen LogP contribution is -2.44. The van der Waals surface area contributed by atoms with Gasteiger partial charge in [-0.05, 0) is 12.8 Å².